The number of amides is 1. The number of methoxy groups -OCH3 is 2. The number of benzene rings is 2. The average molecular weight is 368 g/mol. The summed E-state index contributed by atoms with van der Waals surface area (Å²) in [6.07, 6.45) is 2.14. The highest BCUT2D eigenvalue weighted by Gasteiger charge is 2.29. The molecule has 5 nitrogen and oxygen atoms in total. The minimum absolute atomic E-state index is 0.145. The number of hydrogen-bond donors (Lipinski definition) is 0. The zero-order valence-corrected chi connectivity index (χ0v) is 16.4. The van der Waals surface area contributed by atoms with Crippen LogP contribution in [0.2, 0.25) is 0 Å². The Kier molecular flexibility index (Phi) is 6.35. The van der Waals surface area contributed by atoms with Crippen LogP contribution in [0.3, 0.4) is 0 Å². The number of hydrogen-bond acceptors (Lipinski definition) is 4. The summed E-state index contributed by atoms with van der Waals surface area (Å²) >= 11 is 0. The fourth-order valence-electron chi connectivity index (χ4n) is 3.69. The molecule has 1 saturated heterocycles. The SMILES string of the molecule is COc1ccc(C2CCCN2CC(=O)N(C)Cc2ccccc2)cc1OC. The van der Waals surface area contributed by atoms with Crippen LogP contribution in [0.1, 0.15) is 30.0 Å². The second-order valence-corrected chi connectivity index (χ2v) is 6.98. The number of carbonyl (C=O) groups is 1. The zero-order valence-electron chi connectivity index (χ0n) is 16.4. The third kappa shape index (κ3) is 4.61. The van der Waals surface area contributed by atoms with Gasteiger partial charge in [0.2, 0.25) is 5.91 Å². The van der Waals surface area contributed by atoms with E-state index in [0.717, 1.165) is 36.4 Å². The monoisotopic (exact) mass is 368 g/mol. The van der Waals surface area contributed by atoms with Crippen LogP contribution in [-0.4, -0.2) is 50.1 Å². The van der Waals surface area contributed by atoms with Crippen molar-refractivity contribution in [3.05, 3.63) is 59.7 Å². The molecule has 0 bridgehead atoms. The Bertz CT molecular complexity index is 763. The molecule has 0 aliphatic carbocycles. The van der Waals surface area contributed by atoms with Gasteiger partial charge in [0.25, 0.3) is 0 Å². The molecule has 2 aromatic rings. The Morgan fingerprint density at radius 3 is 2.56 bits per heavy atom. The molecule has 2 aromatic carbocycles. The maximum absolute atomic E-state index is 12.7. The van der Waals surface area contributed by atoms with Gasteiger partial charge in [-0.05, 0) is 42.6 Å². The summed E-state index contributed by atoms with van der Waals surface area (Å²) in [5.41, 5.74) is 2.31. The standard InChI is InChI=1S/C22H28N2O3/c1-23(15-17-8-5-4-6-9-17)22(25)16-24-13-7-10-19(24)18-11-12-20(26-2)21(14-18)27-3/h4-6,8-9,11-12,14,19H,7,10,13,15-16H2,1-3H3. The van der Waals surface area contributed by atoms with Crippen molar-refractivity contribution >= 4 is 5.91 Å². The molecule has 0 N–H and O–H groups in total. The highest BCUT2D eigenvalue weighted by atomic mass is 16.5. The molecule has 0 aromatic heterocycles. The van der Waals surface area contributed by atoms with Gasteiger partial charge in [0.1, 0.15) is 0 Å². The van der Waals surface area contributed by atoms with E-state index in [1.807, 2.05) is 49.5 Å². The molecule has 144 valence electrons. The first-order valence-electron chi connectivity index (χ1n) is 9.36. The Morgan fingerprint density at radius 1 is 1.11 bits per heavy atom. The molecular weight excluding hydrogens is 340 g/mol. The van der Waals surface area contributed by atoms with E-state index in [4.69, 9.17) is 9.47 Å². The van der Waals surface area contributed by atoms with Crippen molar-refractivity contribution in [2.75, 3.05) is 34.4 Å². The number of ether oxygens (including phenoxy) is 2. The fourth-order valence-corrected chi connectivity index (χ4v) is 3.69. The van der Waals surface area contributed by atoms with Crippen molar-refractivity contribution in [3.8, 4) is 11.5 Å². The van der Waals surface area contributed by atoms with Gasteiger partial charge in [-0.3, -0.25) is 9.69 Å². The Hall–Kier alpha value is -2.53. The summed E-state index contributed by atoms with van der Waals surface area (Å²) < 4.78 is 10.8. The molecular formula is C22H28N2O3. The second kappa shape index (κ2) is 8.91. The molecule has 1 atom stereocenters. The summed E-state index contributed by atoms with van der Waals surface area (Å²) in [6.45, 7) is 2.00. The minimum Gasteiger partial charge on any atom is -0.493 e. The van der Waals surface area contributed by atoms with E-state index in [9.17, 15) is 4.79 Å². The van der Waals surface area contributed by atoms with Gasteiger partial charge in [-0.1, -0.05) is 36.4 Å². The zero-order chi connectivity index (χ0) is 19.2. The van der Waals surface area contributed by atoms with Crippen molar-refractivity contribution in [2.24, 2.45) is 0 Å². The van der Waals surface area contributed by atoms with Crippen LogP contribution in [0.25, 0.3) is 0 Å². The topological polar surface area (TPSA) is 42.0 Å². The highest BCUT2D eigenvalue weighted by molar-refractivity contribution is 5.78. The van der Waals surface area contributed by atoms with Crippen LogP contribution in [0.5, 0.6) is 11.5 Å². The lowest BCUT2D eigenvalue weighted by atomic mass is 10.0. The summed E-state index contributed by atoms with van der Waals surface area (Å²) in [4.78, 5) is 16.8. The molecule has 3 rings (SSSR count). The van der Waals surface area contributed by atoms with Crippen LogP contribution in [-0.2, 0) is 11.3 Å². The molecule has 5 heteroatoms. The number of likely N-dealkylation sites (tertiary alicyclic amines) is 1. The maximum atomic E-state index is 12.7. The van der Waals surface area contributed by atoms with Gasteiger partial charge in [-0.25, -0.2) is 0 Å². The minimum atomic E-state index is 0.145. The van der Waals surface area contributed by atoms with E-state index < -0.39 is 0 Å². The number of likely N-dealkylation sites (N-methyl/N-ethyl adjacent to an activating group) is 1. The van der Waals surface area contributed by atoms with Crippen molar-refractivity contribution in [1.82, 2.24) is 9.80 Å². The van der Waals surface area contributed by atoms with Crippen molar-refractivity contribution < 1.29 is 14.3 Å². The van der Waals surface area contributed by atoms with E-state index in [0.29, 0.717) is 13.1 Å². The van der Waals surface area contributed by atoms with Crippen molar-refractivity contribution in [1.29, 1.82) is 0 Å². The second-order valence-electron chi connectivity index (χ2n) is 6.98. The highest BCUT2D eigenvalue weighted by Crippen LogP contribution is 2.36. The number of rotatable bonds is 7. The third-order valence-corrected chi connectivity index (χ3v) is 5.18. The average Bonchev–Trinajstić information content (AvgIpc) is 3.16. The fraction of sp³-hybridized carbons (Fsp3) is 0.409. The van der Waals surface area contributed by atoms with Crippen LogP contribution in [0.4, 0.5) is 0 Å². The molecule has 0 saturated carbocycles. The van der Waals surface area contributed by atoms with Gasteiger partial charge in [-0.15, -0.1) is 0 Å². The lowest BCUT2D eigenvalue weighted by Gasteiger charge is -2.27. The van der Waals surface area contributed by atoms with Gasteiger partial charge in [0.15, 0.2) is 11.5 Å². The summed E-state index contributed by atoms with van der Waals surface area (Å²) in [5.74, 6) is 1.60. The maximum Gasteiger partial charge on any atom is 0.236 e. The van der Waals surface area contributed by atoms with Gasteiger partial charge in [0.05, 0.1) is 20.8 Å². The largest absolute Gasteiger partial charge is 0.493 e. The first-order chi connectivity index (χ1) is 13.1. The predicted molar refractivity (Wildman–Crippen MR) is 106 cm³/mol. The Labute approximate surface area is 161 Å². The summed E-state index contributed by atoms with van der Waals surface area (Å²) in [6, 6.07) is 16.4. The Morgan fingerprint density at radius 2 is 1.85 bits per heavy atom. The third-order valence-electron chi connectivity index (χ3n) is 5.18. The van der Waals surface area contributed by atoms with E-state index in [1.54, 1.807) is 19.1 Å². The first-order valence-corrected chi connectivity index (χ1v) is 9.36. The molecule has 1 aliphatic rings. The summed E-state index contributed by atoms with van der Waals surface area (Å²) in [5, 5.41) is 0. The molecule has 1 heterocycles. The lowest BCUT2D eigenvalue weighted by molar-refractivity contribution is -0.131. The smallest absolute Gasteiger partial charge is 0.236 e. The van der Waals surface area contributed by atoms with Crippen LogP contribution in [0, 0.1) is 0 Å². The van der Waals surface area contributed by atoms with Gasteiger partial charge in [0, 0.05) is 19.6 Å². The van der Waals surface area contributed by atoms with Crippen molar-refractivity contribution in [2.45, 2.75) is 25.4 Å². The number of carbonyl (C=O) groups excluding carboxylic acids is 1. The molecule has 0 spiro atoms. The number of nitrogens with zero attached hydrogens (tertiary/aromatic N) is 2. The molecule has 1 fully saturated rings. The summed E-state index contributed by atoms with van der Waals surface area (Å²) in [7, 11) is 5.16. The molecule has 1 unspecified atom stereocenters. The van der Waals surface area contributed by atoms with Gasteiger partial charge >= 0.3 is 0 Å². The predicted octanol–water partition coefficient (Wildman–Crippen LogP) is 3.50. The molecule has 27 heavy (non-hydrogen) atoms. The molecule has 1 amide bonds. The molecule has 1 aliphatic heterocycles. The lowest BCUT2D eigenvalue weighted by Crippen LogP contribution is -2.37. The quantitative estimate of drug-likeness (QED) is 0.750. The van der Waals surface area contributed by atoms with E-state index >= 15 is 0 Å². The van der Waals surface area contributed by atoms with E-state index in [1.165, 1.54) is 5.56 Å². The van der Waals surface area contributed by atoms with E-state index in [-0.39, 0.29) is 11.9 Å². The first kappa shape index (κ1) is 19.2. The van der Waals surface area contributed by atoms with Crippen LogP contribution >= 0.6 is 0 Å². The molecule has 0 radical (unpaired) electrons. The van der Waals surface area contributed by atoms with E-state index in [2.05, 4.69) is 11.0 Å². The van der Waals surface area contributed by atoms with Gasteiger partial charge in [-0.2, -0.15) is 0 Å². The van der Waals surface area contributed by atoms with Crippen LogP contribution < -0.4 is 9.47 Å². The van der Waals surface area contributed by atoms with Gasteiger partial charge < -0.3 is 14.4 Å². The van der Waals surface area contributed by atoms with Crippen molar-refractivity contribution in [3.63, 3.8) is 0 Å². The Balaban J connectivity index is 1.66. The normalized spacial score (nSPS) is 16.9. The van der Waals surface area contributed by atoms with Crippen LogP contribution in [0.15, 0.2) is 48.5 Å².